The van der Waals surface area contributed by atoms with Gasteiger partial charge in [0.15, 0.2) is 0 Å². The lowest BCUT2D eigenvalue weighted by Gasteiger charge is -2.41. The van der Waals surface area contributed by atoms with Gasteiger partial charge in [-0.2, -0.15) is 0 Å². The highest BCUT2D eigenvalue weighted by Gasteiger charge is 2.54. The van der Waals surface area contributed by atoms with Crippen molar-refractivity contribution >= 4 is 107 Å². The third kappa shape index (κ3) is 6.57. The highest BCUT2D eigenvalue weighted by molar-refractivity contribution is 7.02. The topological polar surface area (TPSA) is 76.8 Å². The summed E-state index contributed by atoms with van der Waals surface area (Å²) in [6.45, 7) is -0.406. The fraction of sp³-hybridized carbons (Fsp3) is 0.0833. The smallest absolute Gasteiger partial charge is 0.262 e. The van der Waals surface area contributed by atoms with Crippen molar-refractivity contribution in [1.29, 1.82) is 0 Å². The zero-order valence-electron chi connectivity index (χ0n) is 44.1. The summed E-state index contributed by atoms with van der Waals surface area (Å²) < 4.78 is 44.4. The predicted octanol–water partition coefficient (Wildman–Crippen LogP) is 15.0. The van der Waals surface area contributed by atoms with E-state index in [0.717, 1.165) is 99.8 Å². The predicted molar refractivity (Wildman–Crippen MR) is 326 cm³/mol. The molecule has 0 bridgehead atoms. The minimum Gasteiger partial charge on any atom is -0.470 e. The normalized spacial score (nSPS) is 22.2. The monoisotopic (exact) mass is 1060 g/mol. The molecule has 3 aliphatic carbocycles. The van der Waals surface area contributed by atoms with Crippen LogP contribution in [0, 0.1) is 17.8 Å². The van der Waals surface area contributed by atoms with Crippen molar-refractivity contribution in [2.24, 2.45) is 17.8 Å². The standard InChI is InChI=1S/C72H48BN3O6/c1-4-22-43(23-5-1)62-48-29-11-17-35-56(48)78-68(62)74(61-40-46-28-10-16-34-55(46)77-61)47-41-53-67-54(42-47)76(70-64(45-26-8-3-9-27-45)50-31-13-19-37-58(50)80-70)72-66(52-33-15-21-39-60(52)82-72)73(67)65-51-32-14-20-38-59(51)81-71(65)75(53)69-63(44-24-6-2-7-25-44)49-30-12-18-36-57(49)79-69/h1-42,48-50,56-58H. The summed E-state index contributed by atoms with van der Waals surface area (Å²) in [6, 6.07) is 63.7. The largest absolute Gasteiger partial charge is 0.470 e. The summed E-state index contributed by atoms with van der Waals surface area (Å²) in [5.74, 6) is 3.67. The lowest BCUT2D eigenvalue weighted by molar-refractivity contribution is 0.161. The molecule has 18 rings (SSSR count). The molecule has 7 aromatic carbocycles. The number of hydrogen-bond donors (Lipinski definition) is 0. The summed E-state index contributed by atoms with van der Waals surface area (Å²) in [4.78, 5) is 6.74. The number of furan rings is 3. The van der Waals surface area contributed by atoms with Crippen LogP contribution in [0.25, 0.3) is 49.6 Å². The van der Waals surface area contributed by atoms with Crippen molar-refractivity contribution in [1.82, 2.24) is 0 Å². The molecule has 3 aromatic heterocycles. The average Bonchev–Trinajstić information content (AvgIpc) is 2.03. The van der Waals surface area contributed by atoms with E-state index < -0.39 is 6.71 Å². The molecule has 10 heteroatoms. The summed E-state index contributed by atoms with van der Waals surface area (Å²) in [5.41, 5.74) is 14.1. The van der Waals surface area contributed by atoms with Crippen molar-refractivity contribution in [2.75, 3.05) is 14.7 Å². The minimum absolute atomic E-state index is 0.0928. The van der Waals surface area contributed by atoms with E-state index in [-0.39, 0.29) is 36.1 Å². The van der Waals surface area contributed by atoms with Crippen molar-refractivity contribution in [3.05, 3.63) is 289 Å². The molecule has 0 radical (unpaired) electrons. The molecule has 6 atom stereocenters. The molecule has 0 fully saturated rings. The number of nitrogens with zero attached hydrogens (tertiary/aromatic N) is 3. The van der Waals surface area contributed by atoms with Gasteiger partial charge in [-0.15, -0.1) is 0 Å². The van der Waals surface area contributed by atoms with Crippen LogP contribution in [-0.2, 0) is 14.2 Å². The summed E-state index contributed by atoms with van der Waals surface area (Å²) in [6.07, 6.45) is 25.1. The van der Waals surface area contributed by atoms with Crippen molar-refractivity contribution in [3.63, 3.8) is 0 Å². The Bertz CT molecular complexity index is 4390. The van der Waals surface area contributed by atoms with Gasteiger partial charge in [-0.3, -0.25) is 14.7 Å². The molecule has 390 valence electrons. The lowest BCUT2D eigenvalue weighted by atomic mass is 9.33. The van der Waals surface area contributed by atoms with Gasteiger partial charge >= 0.3 is 0 Å². The van der Waals surface area contributed by atoms with Crippen LogP contribution in [-0.4, -0.2) is 25.0 Å². The molecule has 8 heterocycles. The molecule has 0 saturated heterocycles. The van der Waals surface area contributed by atoms with Gasteiger partial charge in [0.25, 0.3) is 6.71 Å². The molecule has 5 aliphatic heterocycles. The number of rotatable bonds is 8. The van der Waals surface area contributed by atoms with Crippen LogP contribution in [0.5, 0.6) is 0 Å². The Balaban J connectivity index is 1.01. The number of ether oxygens (including phenoxy) is 3. The van der Waals surface area contributed by atoms with E-state index in [9.17, 15) is 0 Å². The fourth-order valence-electron chi connectivity index (χ4n) is 14.1. The number of fused-ring (bicyclic) bond motifs is 12. The maximum atomic E-state index is 7.51. The van der Waals surface area contributed by atoms with Crippen LogP contribution >= 0.6 is 0 Å². The van der Waals surface area contributed by atoms with E-state index in [1.54, 1.807) is 0 Å². The molecular weight excluding hydrogens is 1010 g/mol. The van der Waals surface area contributed by atoms with E-state index in [4.69, 9.17) is 27.5 Å². The van der Waals surface area contributed by atoms with Crippen LogP contribution < -0.4 is 31.1 Å². The third-order valence-corrected chi connectivity index (χ3v) is 17.5. The maximum Gasteiger partial charge on any atom is 0.262 e. The molecular formula is C72H48BN3O6. The first-order valence-electron chi connectivity index (χ1n) is 28.2. The zero-order valence-corrected chi connectivity index (χ0v) is 44.1. The molecule has 82 heavy (non-hydrogen) atoms. The van der Waals surface area contributed by atoms with Gasteiger partial charge in [0, 0.05) is 67.6 Å². The van der Waals surface area contributed by atoms with Crippen LogP contribution in [0.4, 0.5) is 34.7 Å². The van der Waals surface area contributed by atoms with Crippen LogP contribution in [0.3, 0.4) is 0 Å². The molecule has 0 amide bonds. The van der Waals surface area contributed by atoms with E-state index in [1.807, 2.05) is 12.1 Å². The third-order valence-electron chi connectivity index (χ3n) is 17.5. The number of hydrogen-bond acceptors (Lipinski definition) is 9. The SMILES string of the molecule is C1=CC2OC(N(c3cc4c5c(c3)N(C3=C(c6ccccc6)C6C=CC=CC6O3)c3oc6ccccc6c3B5c3c(oc5ccccc35)N4C3=C(c4ccccc4)C4C=CC=CC4O3)c3cc4ccccc4o3)=C(c3ccccc3)C2C=C1. The quantitative estimate of drug-likeness (QED) is 0.138. The second-order valence-corrected chi connectivity index (χ2v) is 22.0. The van der Waals surface area contributed by atoms with Gasteiger partial charge in [0.2, 0.25) is 35.3 Å². The van der Waals surface area contributed by atoms with E-state index in [1.165, 1.54) is 0 Å². The van der Waals surface area contributed by atoms with Gasteiger partial charge < -0.3 is 27.5 Å². The van der Waals surface area contributed by atoms with Crippen molar-refractivity contribution < 1.29 is 27.5 Å². The first-order valence-corrected chi connectivity index (χ1v) is 28.2. The lowest BCUT2D eigenvalue weighted by Crippen LogP contribution is -2.61. The molecule has 6 unspecified atom stereocenters. The summed E-state index contributed by atoms with van der Waals surface area (Å²) in [7, 11) is 0. The van der Waals surface area contributed by atoms with Gasteiger partial charge in [-0.1, -0.05) is 200 Å². The van der Waals surface area contributed by atoms with Gasteiger partial charge in [-0.05, 0) is 70.7 Å². The Kier molecular flexibility index (Phi) is 9.77. The minimum atomic E-state index is -0.406. The van der Waals surface area contributed by atoms with Crippen molar-refractivity contribution in [3.8, 4) is 0 Å². The van der Waals surface area contributed by atoms with E-state index >= 15 is 0 Å². The highest BCUT2D eigenvalue weighted by atomic mass is 16.5. The Morgan fingerprint density at radius 1 is 0.378 bits per heavy atom. The number of benzene rings is 7. The number of para-hydroxylation sites is 3. The molecule has 0 saturated carbocycles. The summed E-state index contributed by atoms with van der Waals surface area (Å²) in [5, 5.41) is 2.96. The molecule has 0 spiro atoms. The van der Waals surface area contributed by atoms with Gasteiger partial charge in [-0.25, -0.2) is 0 Å². The number of anilines is 6. The Morgan fingerprint density at radius 3 is 1.32 bits per heavy atom. The maximum absolute atomic E-state index is 7.51. The molecule has 10 aromatic rings. The zero-order chi connectivity index (χ0) is 53.6. The molecule has 8 aliphatic rings. The van der Waals surface area contributed by atoms with Crippen LogP contribution in [0.15, 0.2) is 286 Å². The van der Waals surface area contributed by atoms with Gasteiger partial charge in [0.05, 0.1) is 17.1 Å². The average molecular weight is 1060 g/mol. The van der Waals surface area contributed by atoms with Crippen molar-refractivity contribution in [2.45, 2.75) is 18.3 Å². The van der Waals surface area contributed by atoms with Crippen LogP contribution in [0.2, 0.25) is 0 Å². The Labute approximate surface area is 472 Å². The first-order chi connectivity index (χ1) is 40.7. The van der Waals surface area contributed by atoms with E-state index in [0.29, 0.717) is 35.3 Å². The summed E-state index contributed by atoms with van der Waals surface area (Å²) >= 11 is 0. The first kappa shape index (κ1) is 45.5. The second-order valence-electron chi connectivity index (χ2n) is 22.0. The van der Waals surface area contributed by atoms with Crippen LogP contribution in [0.1, 0.15) is 16.7 Å². The highest BCUT2D eigenvalue weighted by Crippen LogP contribution is 2.55. The second kappa shape index (κ2) is 17.6. The Hall–Kier alpha value is -10.3. The fourth-order valence-corrected chi connectivity index (χ4v) is 14.1. The van der Waals surface area contributed by atoms with Gasteiger partial charge in [0.1, 0.15) is 35.1 Å². The number of allylic oxidation sites excluding steroid dienone is 6. The molecule has 0 N–H and O–H groups in total. The Morgan fingerprint density at radius 2 is 0.805 bits per heavy atom. The van der Waals surface area contributed by atoms with E-state index in [2.05, 4.69) is 257 Å². The molecule has 9 nitrogen and oxygen atoms in total.